The Hall–Kier alpha value is -2.63. The van der Waals surface area contributed by atoms with Gasteiger partial charge in [0.1, 0.15) is 24.3 Å². The summed E-state index contributed by atoms with van der Waals surface area (Å²) in [4.78, 5) is 4.45. The van der Waals surface area contributed by atoms with E-state index in [0.29, 0.717) is 6.61 Å². The van der Waals surface area contributed by atoms with E-state index < -0.39 is 0 Å². The second kappa shape index (κ2) is 7.41. The van der Waals surface area contributed by atoms with Crippen molar-refractivity contribution in [2.24, 2.45) is 0 Å². The highest BCUT2D eigenvalue weighted by atomic mass is 16.5. The Morgan fingerprint density at radius 2 is 1.96 bits per heavy atom. The predicted molar refractivity (Wildman–Crippen MR) is 108 cm³/mol. The Kier molecular flexibility index (Phi) is 4.63. The third kappa shape index (κ3) is 3.43. The number of imidazole rings is 1. The Labute approximate surface area is 165 Å². The monoisotopic (exact) mass is 375 g/mol. The standard InChI is InChI=1S/C23H25N3O2/c1-16-10-20-11-19(6-7-22(20)28-16)18-4-2-17(3-5-18)12-24-13-21-14-25-23-15-27-9-8-26(21)23/h2-7,11,14,16,24H,8-10,12-13,15H2,1H3. The van der Waals surface area contributed by atoms with Crippen LogP contribution in [0.15, 0.2) is 48.7 Å². The average Bonchev–Trinajstić information content (AvgIpc) is 3.30. The molecule has 3 aromatic rings. The molecule has 0 radical (unpaired) electrons. The maximum atomic E-state index is 5.80. The Morgan fingerprint density at radius 1 is 1.11 bits per heavy atom. The summed E-state index contributed by atoms with van der Waals surface area (Å²) in [7, 11) is 0. The molecular weight excluding hydrogens is 350 g/mol. The van der Waals surface area contributed by atoms with Crippen molar-refractivity contribution < 1.29 is 9.47 Å². The highest BCUT2D eigenvalue weighted by molar-refractivity contribution is 5.66. The van der Waals surface area contributed by atoms with Gasteiger partial charge in [0.15, 0.2) is 0 Å². The third-order valence-electron chi connectivity index (χ3n) is 5.53. The first-order valence-corrected chi connectivity index (χ1v) is 9.97. The zero-order valence-corrected chi connectivity index (χ0v) is 16.1. The molecule has 0 bridgehead atoms. The molecule has 28 heavy (non-hydrogen) atoms. The van der Waals surface area contributed by atoms with Crippen LogP contribution in [0.5, 0.6) is 5.75 Å². The van der Waals surface area contributed by atoms with Crippen LogP contribution < -0.4 is 10.1 Å². The molecule has 0 fully saturated rings. The summed E-state index contributed by atoms with van der Waals surface area (Å²) in [5.74, 6) is 2.06. The van der Waals surface area contributed by atoms with Crippen molar-refractivity contribution in [2.45, 2.75) is 45.7 Å². The van der Waals surface area contributed by atoms with E-state index in [-0.39, 0.29) is 6.10 Å². The fourth-order valence-corrected chi connectivity index (χ4v) is 4.05. The highest BCUT2D eigenvalue weighted by Gasteiger charge is 2.19. The first-order chi connectivity index (χ1) is 13.8. The number of nitrogens with zero attached hydrogens (tertiary/aromatic N) is 2. The van der Waals surface area contributed by atoms with Gasteiger partial charge in [0.2, 0.25) is 0 Å². The van der Waals surface area contributed by atoms with Gasteiger partial charge in [-0.05, 0) is 41.3 Å². The molecule has 2 aliphatic heterocycles. The first-order valence-electron chi connectivity index (χ1n) is 9.97. The zero-order chi connectivity index (χ0) is 18.9. The van der Waals surface area contributed by atoms with E-state index in [0.717, 1.165) is 44.2 Å². The fraction of sp³-hybridized carbons (Fsp3) is 0.348. The molecule has 1 unspecified atom stereocenters. The molecule has 0 saturated carbocycles. The fourth-order valence-electron chi connectivity index (χ4n) is 4.05. The van der Waals surface area contributed by atoms with E-state index in [1.165, 1.54) is 27.9 Å². The van der Waals surface area contributed by atoms with E-state index in [4.69, 9.17) is 9.47 Å². The number of fused-ring (bicyclic) bond motifs is 2. The second-order valence-corrected chi connectivity index (χ2v) is 7.63. The van der Waals surface area contributed by atoms with Gasteiger partial charge in [-0.15, -0.1) is 0 Å². The molecule has 5 nitrogen and oxygen atoms in total. The molecule has 1 atom stereocenters. The summed E-state index contributed by atoms with van der Waals surface area (Å²) in [6.07, 6.45) is 3.24. The zero-order valence-electron chi connectivity index (χ0n) is 16.1. The summed E-state index contributed by atoms with van der Waals surface area (Å²) in [5, 5.41) is 3.53. The number of rotatable bonds is 5. The van der Waals surface area contributed by atoms with E-state index >= 15 is 0 Å². The first kappa shape index (κ1) is 17.5. The summed E-state index contributed by atoms with van der Waals surface area (Å²) in [5.41, 5.74) is 6.32. The van der Waals surface area contributed by atoms with Crippen LogP contribution in [0.3, 0.4) is 0 Å². The summed E-state index contributed by atoms with van der Waals surface area (Å²) >= 11 is 0. The van der Waals surface area contributed by atoms with E-state index in [2.05, 4.69) is 64.3 Å². The molecule has 5 heteroatoms. The van der Waals surface area contributed by atoms with Crippen LogP contribution in [0, 0.1) is 0 Å². The number of nitrogens with one attached hydrogen (secondary N) is 1. The molecule has 0 saturated heterocycles. The summed E-state index contributed by atoms with van der Waals surface area (Å²) < 4.78 is 13.5. The minimum Gasteiger partial charge on any atom is -0.490 e. The maximum absolute atomic E-state index is 5.80. The maximum Gasteiger partial charge on any atom is 0.135 e. The lowest BCUT2D eigenvalue weighted by molar-refractivity contribution is 0.0805. The van der Waals surface area contributed by atoms with Gasteiger partial charge in [0, 0.05) is 32.3 Å². The van der Waals surface area contributed by atoms with Crippen molar-refractivity contribution >= 4 is 0 Å². The smallest absolute Gasteiger partial charge is 0.135 e. The number of ether oxygens (including phenoxy) is 2. The van der Waals surface area contributed by atoms with Crippen molar-refractivity contribution in [3.05, 3.63) is 71.3 Å². The normalized spacial score (nSPS) is 17.8. The van der Waals surface area contributed by atoms with Crippen molar-refractivity contribution in [2.75, 3.05) is 6.61 Å². The lowest BCUT2D eigenvalue weighted by Crippen LogP contribution is -2.21. The molecule has 0 spiro atoms. The van der Waals surface area contributed by atoms with Crippen LogP contribution in [-0.2, 0) is 37.4 Å². The van der Waals surface area contributed by atoms with Gasteiger partial charge >= 0.3 is 0 Å². The Balaban J connectivity index is 1.21. The van der Waals surface area contributed by atoms with Crippen LogP contribution in [-0.4, -0.2) is 22.3 Å². The minimum atomic E-state index is 0.285. The van der Waals surface area contributed by atoms with Crippen LogP contribution >= 0.6 is 0 Å². The van der Waals surface area contributed by atoms with Gasteiger partial charge in [-0.25, -0.2) is 4.98 Å². The SMILES string of the molecule is CC1Cc2cc(-c3ccc(CNCc4cnc5n4CCOC5)cc3)ccc2O1. The van der Waals surface area contributed by atoms with Gasteiger partial charge in [-0.1, -0.05) is 30.3 Å². The van der Waals surface area contributed by atoms with Gasteiger partial charge in [-0.2, -0.15) is 0 Å². The third-order valence-corrected chi connectivity index (χ3v) is 5.53. The molecule has 0 aliphatic carbocycles. The molecule has 0 amide bonds. The number of benzene rings is 2. The minimum absolute atomic E-state index is 0.285. The topological polar surface area (TPSA) is 48.3 Å². The molecule has 2 aliphatic rings. The van der Waals surface area contributed by atoms with Crippen molar-refractivity contribution in [3.63, 3.8) is 0 Å². The van der Waals surface area contributed by atoms with Crippen molar-refractivity contribution in [1.29, 1.82) is 0 Å². The number of hydrogen-bond donors (Lipinski definition) is 1. The number of hydrogen-bond acceptors (Lipinski definition) is 4. The Morgan fingerprint density at radius 3 is 2.86 bits per heavy atom. The van der Waals surface area contributed by atoms with Gasteiger partial charge in [-0.3, -0.25) is 0 Å². The predicted octanol–water partition coefficient (Wildman–Crippen LogP) is 3.69. The summed E-state index contributed by atoms with van der Waals surface area (Å²) in [6, 6.07) is 15.3. The molecule has 2 aromatic carbocycles. The molecule has 3 heterocycles. The van der Waals surface area contributed by atoms with Crippen LogP contribution in [0.1, 0.15) is 29.6 Å². The van der Waals surface area contributed by atoms with Gasteiger partial charge in [0.25, 0.3) is 0 Å². The van der Waals surface area contributed by atoms with E-state index in [1.54, 1.807) is 0 Å². The lowest BCUT2D eigenvalue weighted by atomic mass is 10.00. The molecule has 1 aromatic heterocycles. The largest absolute Gasteiger partial charge is 0.490 e. The van der Waals surface area contributed by atoms with E-state index in [9.17, 15) is 0 Å². The van der Waals surface area contributed by atoms with Crippen molar-refractivity contribution in [1.82, 2.24) is 14.9 Å². The molecular formula is C23H25N3O2. The Bertz CT molecular complexity index is 978. The van der Waals surface area contributed by atoms with Gasteiger partial charge < -0.3 is 19.4 Å². The van der Waals surface area contributed by atoms with Gasteiger partial charge in [0.05, 0.1) is 12.3 Å². The van der Waals surface area contributed by atoms with E-state index in [1.807, 2.05) is 6.20 Å². The van der Waals surface area contributed by atoms with Crippen LogP contribution in [0.4, 0.5) is 0 Å². The summed E-state index contributed by atoms with van der Waals surface area (Å²) in [6.45, 7) is 6.06. The van der Waals surface area contributed by atoms with Crippen LogP contribution in [0.25, 0.3) is 11.1 Å². The average molecular weight is 375 g/mol. The second-order valence-electron chi connectivity index (χ2n) is 7.63. The highest BCUT2D eigenvalue weighted by Crippen LogP contribution is 2.32. The van der Waals surface area contributed by atoms with Crippen molar-refractivity contribution in [3.8, 4) is 16.9 Å². The number of aromatic nitrogens is 2. The van der Waals surface area contributed by atoms with Crippen LogP contribution in [0.2, 0.25) is 0 Å². The molecule has 1 N–H and O–H groups in total. The quantitative estimate of drug-likeness (QED) is 0.739. The molecule has 5 rings (SSSR count). The molecule has 144 valence electrons. The lowest BCUT2D eigenvalue weighted by Gasteiger charge is -2.17.